The fourth-order valence-electron chi connectivity index (χ4n) is 3.97. The number of aryl methyl sites for hydroxylation is 1. The number of carboxylic acid groups (broad SMARTS) is 1. The number of alkyl carbamates (subject to hydrolysis) is 1. The monoisotopic (exact) mass is 539 g/mol. The summed E-state index contributed by atoms with van der Waals surface area (Å²) in [4.78, 5) is 51.0. The van der Waals surface area contributed by atoms with Crippen LogP contribution in [0.5, 0.6) is 0 Å². The first kappa shape index (κ1) is 31.3. The maximum Gasteiger partial charge on any atom is 0.408 e. The SMILES string of the molecule is CC(C)C[C@H](NC(=O)[C@@H](CCc1ccccc1)NC(=O)OC(C)(C)C)C(=O)NC(Cc1ccccc1)C(=O)O. The average molecular weight is 540 g/mol. The number of hydrogen-bond acceptors (Lipinski definition) is 5. The molecule has 0 saturated heterocycles. The predicted molar refractivity (Wildman–Crippen MR) is 149 cm³/mol. The summed E-state index contributed by atoms with van der Waals surface area (Å²) >= 11 is 0. The summed E-state index contributed by atoms with van der Waals surface area (Å²) in [7, 11) is 0. The van der Waals surface area contributed by atoms with Crippen molar-refractivity contribution in [1.29, 1.82) is 0 Å². The van der Waals surface area contributed by atoms with Gasteiger partial charge in [-0.05, 0) is 57.1 Å². The second-order valence-corrected chi connectivity index (χ2v) is 11.0. The van der Waals surface area contributed by atoms with Crippen molar-refractivity contribution in [2.45, 2.75) is 84.0 Å². The average Bonchev–Trinajstić information content (AvgIpc) is 2.85. The Morgan fingerprint density at radius 1 is 0.769 bits per heavy atom. The van der Waals surface area contributed by atoms with Gasteiger partial charge in [0.1, 0.15) is 23.7 Å². The Morgan fingerprint density at radius 3 is 1.79 bits per heavy atom. The molecule has 212 valence electrons. The molecule has 39 heavy (non-hydrogen) atoms. The number of carboxylic acids is 1. The fraction of sp³-hybridized carbons (Fsp3) is 0.467. The number of carbonyl (C=O) groups excluding carboxylic acids is 3. The van der Waals surface area contributed by atoms with Crippen LogP contribution in [0.4, 0.5) is 4.79 Å². The lowest BCUT2D eigenvalue weighted by Gasteiger charge is -2.26. The molecule has 0 aromatic heterocycles. The number of nitrogens with one attached hydrogen (secondary N) is 3. The Kier molecular flexibility index (Phi) is 12.0. The molecule has 2 rings (SSSR count). The lowest BCUT2D eigenvalue weighted by atomic mass is 10.00. The molecule has 2 aromatic carbocycles. The van der Waals surface area contributed by atoms with Gasteiger partial charge in [-0.25, -0.2) is 9.59 Å². The van der Waals surface area contributed by atoms with Crippen molar-refractivity contribution in [3.05, 3.63) is 71.8 Å². The highest BCUT2D eigenvalue weighted by atomic mass is 16.6. The van der Waals surface area contributed by atoms with Gasteiger partial charge in [0.15, 0.2) is 0 Å². The van der Waals surface area contributed by atoms with Crippen LogP contribution >= 0.6 is 0 Å². The maximum absolute atomic E-state index is 13.4. The zero-order chi connectivity index (χ0) is 29.0. The second kappa shape index (κ2) is 14.9. The molecule has 0 bridgehead atoms. The zero-order valence-electron chi connectivity index (χ0n) is 23.4. The summed E-state index contributed by atoms with van der Waals surface area (Å²) in [6, 6.07) is 15.4. The van der Waals surface area contributed by atoms with Gasteiger partial charge in [-0.15, -0.1) is 0 Å². The first-order valence-corrected chi connectivity index (χ1v) is 13.2. The Morgan fingerprint density at radius 2 is 1.28 bits per heavy atom. The molecule has 1 unspecified atom stereocenters. The van der Waals surface area contributed by atoms with Crippen molar-refractivity contribution in [1.82, 2.24) is 16.0 Å². The van der Waals surface area contributed by atoms with Crippen LogP contribution in [0.2, 0.25) is 0 Å². The van der Waals surface area contributed by atoms with E-state index in [2.05, 4.69) is 16.0 Å². The van der Waals surface area contributed by atoms with Crippen molar-refractivity contribution in [3.8, 4) is 0 Å². The van der Waals surface area contributed by atoms with Crippen LogP contribution in [0.1, 0.15) is 58.6 Å². The Balaban J connectivity index is 2.17. The standard InChI is InChI=1S/C30H41N3O6/c1-20(2)18-24(27(35)32-25(28(36)37)19-22-14-10-7-11-15-22)31-26(34)23(33-29(38)39-30(3,4)5)17-16-21-12-8-6-9-13-21/h6-15,20,23-25H,16-19H2,1-5H3,(H,31,34)(H,32,35)(H,33,38)(H,36,37)/t23-,24+,25?/m1/s1. The van der Waals surface area contributed by atoms with E-state index < -0.39 is 47.6 Å². The lowest BCUT2D eigenvalue weighted by molar-refractivity contribution is -0.142. The van der Waals surface area contributed by atoms with Gasteiger partial charge >= 0.3 is 12.1 Å². The van der Waals surface area contributed by atoms with E-state index in [-0.39, 0.29) is 25.2 Å². The van der Waals surface area contributed by atoms with Gasteiger partial charge in [-0.2, -0.15) is 0 Å². The highest BCUT2D eigenvalue weighted by molar-refractivity contribution is 5.93. The molecule has 3 atom stereocenters. The smallest absolute Gasteiger partial charge is 0.408 e. The zero-order valence-corrected chi connectivity index (χ0v) is 23.4. The van der Waals surface area contributed by atoms with Crippen LogP contribution in [-0.2, 0) is 32.0 Å². The van der Waals surface area contributed by atoms with E-state index >= 15 is 0 Å². The van der Waals surface area contributed by atoms with E-state index in [9.17, 15) is 24.3 Å². The fourth-order valence-corrected chi connectivity index (χ4v) is 3.97. The lowest BCUT2D eigenvalue weighted by Crippen LogP contribution is -2.56. The van der Waals surface area contributed by atoms with E-state index in [0.29, 0.717) is 6.42 Å². The Hall–Kier alpha value is -3.88. The third kappa shape index (κ3) is 12.0. The number of rotatable bonds is 13. The van der Waals surface area contributed by atoms with Gasteiger partial charge in [-0.3, -0.25) is 9.59 Å². The normalized spacial score (nSPS) is 13.6. The van der Waals surface area contributed by atoms with Gasteiger partial charge in [0.05, 0.1) is 0 Å². The minimum absolute atomic E-state index is 0.0278. The summed E-state index contributed by atoms with van der Waals surface area (Å²) in [5, 5.41) is 17.7. The van der Waals surface area contributed by atoms with Gasteiger partial charge in [0.25, 0.3) is 0 Å². The number of benzene rings is 2. The second-order valence-electron chi connectivity index (χ2n) is 11.0. The summed E-state index contributed by atoms with van der Waals surface area (Å²) in [5.74, 6) is -2.29. The first-order chi connectivity index (χ1) is 18.3. The molecule has 0 aliphatic rings. The molecule has 9 heteroatoms. The summed E-state index contributed by atoms with van der Waals surface area (Å²) in [6.07, 6.45) is 0.427. The van der Waals surface area contributed by atoms with Crippen LogP contribution in [0.15, 0.2) is 60.7 Å². The molecular weight excluding hydrogens is 498 g/mol. The minimum atomic E-state index is -1.17. The van der Waals surface area contributed by atoms with Gasteiger partial charge < -0.3 is 25.8 Å². The Bertz CT molecular complexity index is 1080. The highest BCUT2D eigenvalue weighted by Gasteiger charge is 2.31. The molecular formula is C30H41N3O6. The van der Waals surface area contributed by atoms with Crippen molar-refractivity contribution >= 4 is 23.9 Å². The van der Waals surface area contributed by atoms with E-state index in [1.165, 1.54) is 0 Å². The molecule has 0 saturated carbocycles. The molecule has 4 N–H and O–H groups in total. The van der Waals surface area contributed by atoms with Crippen LogP contribution in [0, 0.1) is 5.92 Å². The number of aliphatic carboxylic acids is 1. The van der Waals surface area contributed by atoms with Crippen molar-refractivity contribution in [3.63, 3.8) is 0 Å². The van der Waals surface area contributed by atoms with E-state index in [1.807, 2.05) is 50.2 Å². The molecule has 0 fully saturated rings. The number of hydrogen-bond donors (Lipinski definition) is 4. The van der Waals surface area contributed by atoms with Crippen LogP contribution in [0.25, 0.3) is 0 Å². The number of ether oxygens (including phenoxy) is 1. The van der Waals surface area contributed by atoms with Gasteiger partial charge in [-0.1, -0.05) is 74.5 Å². The van der Waals surface area contributed by atoms with E-state index in [0.717, 1.165) is 11.1 Å². The third-order valence-electron chi connectivity index (χ3n) is 5.81. The first-order valence-electron chi connectivity index (χ1n) is 13.2. The number of carbonyl (C=O) groups is 4. The largest absolute Gasteiger partial charge is 0.480 e. The molecule has 0 radical (unpaired) electrons. The molecule has 0 aliphatic heterocycles. The highest BCUT2D eigenvalue weighted by Crippen LogP contribution is 2.12. The summed E-state index contributed by atoms with van der Waals surface area (Å²) in [6.45, 7) is 8.97. The minimum Gasteiger partial charge on any atom is -0.480 e. The van der Waals surface area contributed by atoms with Crippen molar-refractivity contribution in [2.24, 2.45) is 5.92 Å². The topological polar surface area (TPSA) is 134 Å². The van der Waals surface area contributed by atoms with Crippen LogP contribution < -0.4 is 16.0 Å². The van der Waals surface area contributed by atoms with E-state index in [1.54, 1.807) is 45.0 Å². The molecule has 3 amide bonds. The Labute approximate surface area is 230 Å². The predicted octanol–water partition coefficient (Wildman–Crippen LogP) is 3.86. The maximum atomic E-state index is 13.4. The van der Waals surface area contributed by atoms with Crippen molar-refractivity contribution < 1.29 is 29.0 Å². The number of amides is 3. The van der Waals surface area contributed by atoms with Crippen LogP contribution in [-0.4, -0.2) is 52.7 Å². The third-order valence-corrected chi connectivity index (χ3v) is 5.81. The van der Waals surface area contributed by atoms with Crippen molar-refractivity contribution in [2.75, 3.05) is 0 Å². The van der Waals surface area contributed by atoms with E-state index in [4.69, 9.17) is 4.74 Å². The molecule has 0 aliphatic carbocycles. The molecule has 0 spiro atoms. The van der Waals surface area contributed by atoms with Gasteiger partial charge in [0.2, 0.25) is 11.8 Å². The molecule has 9 nitrogen and oxygen atoms in total. The quantitative estimate of drug-likeness (QED) is 0.306. The molecule has 2 aromatic rings. The van der Waals surface area contributed by atoms with Gasteiger partial charge in [0, 0.05) is 6.42 Å². The van der Waals surface area contributed by atoms with Crippen LogP contribution in [0.3, 0.4) is 0 Å². The molecule has 0 heterocycles. The summed E-state index contributed by atoms with van der Waals surface area (Å²) in [5.41, 5.74) is 0.995. The summed E-state index contributed by atoms with van der Waals surface area (Å²) < 4.78 is 5.35.